The molecule has 0 bridgehead atoms. The topological polar surface area (TPSA) is 50.8 Å². The van der Waals surface area contributed by atoms with Crippen molar-refractivity contribution in [1.82, 2.24) is 10.2 Å². The van der Waals surface area contributed by atoms with E-state index < -0.39 is 0 Å². The van der Waals surface area contributed by atoms with E-state index in [0.29, 0.717) is 6.54 Å². The fraction of sp³-hybridized carbons (Fsp3) is 0.500. The lowest BCUT2D eigenvalue weighted by molar-refractivity contribution is 0.0162. The van der Waals surface area contributed by atoms with Crippen molar-refractivity contribution in [2.75, 3.05) is 40.0 Å². The van der Waals surface area contributed by atoms with Crippen molar-refractivity contribution in [2.45, 2.75) is 31.7 Å². The van der Waals surface area contributed by atoms with Gasteiger partial charge in [-0.2, -0.15) is 0 Å². The lowest BCUT2D eigenvalue weighted by atomic mass is 9.99. The Morgan fingerprint density at radius 2 is 1.96 bits per heavy atom. The summed E-state index contributed by atoms with van der Waals surface area (Å²) < 4.78 is 10.8. The molecule has 150 valence electrons. The predicted molar refractivity (Wildman–Crippen MR) is 111 cm³/mol. The van der Waals surface area contributed by atoms with Gasteiger partial charge in [0.1, 0.15) is 5.75 Å². The monoisotopic (exact) mass is 400 g/mol. The molecule has 0 radical (unpaired) electrons. The number of hydrogen-bond donors (Lipinski definition) is 1. The molecule has 1 saturated heterocycles. The molecule has 1 aromatic heterocycles. The van der Waals surface area contributed by atoms with Crippen LogP contribution in [0.1, 0.15) is 44.6 Å². The molecule has 6 heteroatoms. The Kier molecular flexibility index (Phi) is 6.29. The van der Waals surface area contributed by atoms with Crippen molar-refractivity contribution in [3.05, 3.63) is 51.2 Å². The molecule has 0 spiro atoms. The quantitative estimate of drug-likeness (QED) is 0.807. The fourth-order valence-corrected chi connectivity index (χ4v) is 5.22. The molecule has 0 unspecified atom stereocenters. The van der Waals surface area contributed by atoms with Crippen LogP contribution < -0.4 is 10.1 Å². The Morgan fingerprint density at radius 3 is 2.68 bits per heavy atom. The SMILES string of the molecule is COc1ccc([C@H](CNC(=O)c2cc3c(s2)CCCC3)N2CCOCC2)cc1. The average Bonchev–Trinajstić information content (AvgIpc) is 3.19. The van der Waals surface area contributed by atoms with Gasteiger partial charge in [0.15, 0.2) is 0 Å². The number of amides is 1. The van der Waals surface area contributed by atoms with Crippen LogP contribution in [0.15, 0.2) is 30.3 Å². The number of rotatable bonds is 6. The molecule has 1 fully saturated rings. The number of benzene rings is 1. The lowest BCUT2D eigenvalue weighted by Crippen LogP contribution is -2.43. The van der Waals surface area contributed by atoms with Gasteiger partial charge >= 0.3 is 0 Å². The standard InChI is InChI=1S/C22H28N2O3S/c1-26-18-8-6-16(7-9-18)19(24-10-12-27-13-11-24)15-23-22(25)21-14-17-4-2-3-5-20(17)28-21/h6-9,14,19H,2-5,10-13,15H2,1H3,(H,23,25)/t19-/m0/s1. The molecule has 2 heterocycles. The van der Waals surface area contributed by atoms with Gasteiger partial charge in [0.05, 0.1) is 31.2 Å². The van der Waals surface area contributed by atoms with Gasteiger partial charge in [-0.05, 0) is 55.0 Å². The minimum Gasteiger partial charge on any atom is -0.497 e. The maximum Gasteiger partial charge on any atom is 0.261 e. The Balaban J connectivity index is 1.46. The second kappa shape index (κ2) is 9.07. The summed E-state index contributed by atoms with van der Waals surface area (Å²) >= 11 is 1.67. The molecule has 1 amide bonds. The number of nitrogens with one attached hydrogen (secondary N) is 1. The largest absolute Gasteiger partial charge is 0.497 e. The summed E-state index contributed by atoms with van der Waals surface area (Å²) in [6, 6.07) is 10.4. The zero-order valence-electron chi connectivity index (χ0n) is 16.4. The first kappa shape index (κ1) is 19.4. The van der Waals surface area contributed by atoms with Crippen LogP contribution in [0.5, 0.6) is 5.75 Å². The van der Waals surface area contributed by atoms with Gasteiger partial charge in [-0.25, -0.2) is 0 Å². The molecule has 1 aromatic carbocycles. The van der Waals surface area contributed by atoms with E-state index in [9.17, 15) is 4.79 Å². The third-order valence-corrected chi connectivity index (χ3v) is 6.90. The van der Waals surface area contributed by atoms with Gasteiger partial charge in [0.25, 0.3) is 5.91 Å². The van der Waals surface area contributed by atoms with Gasteiger partial charge in [-0.3, -0.25) is 9.69 Å². The van der Waals surface area contributed by atoms with Crippen molar-refractivity contribution < 1.29 is 14.3 Å². The molecule has 1 N–H and O–H groups in total. The number of aryl methyl sites for hydroxylation is 2. The Labute approximate surface area is 170 Å². The minimum absolute atomic E-state index is 0.0474. The number of ether oxygens (including phenoxy) is 2. The van der Waals surface area contributed by atoms with Crippen LogP contribution in [0, 0.1) is 0 Å². The first-order valence-electron chi connectivity index (χ1n) is 10.1. The Hall–Kier alpha value is -1.89. The van der Waals surface area contributed by atoms with Crippen LogP contribution in [-0.2, 0) is 17.6 Å². The maximum absolute atomic E-state index is 12.8. The molecule has 4 rings (SSSR count). The molecular formula is C22H28N2O3S. The van der Waals surface area contributed by atoms with Crippen LogP contribution in [0.2, 0.25) is 0 Å². The van der Waals surface area contributed by atoms with E-state index in [1.807, 2.05) is 12.1 Å². The maximum atomic E-state index is 12.8. The number of morpholine rings is 1. The van der Waals surface area contributed by atoms with Crippen LogP contribution in [0.4, 0.5) is 0 Å². The highest BCUT2D eigenvalue weighted by atomic mass is 32.1. The molecular weight excluding hydrogens is 372 g/mol. The summed E-state index contributed by atoms with van der Waals surface area (Å²) in [5, 5.41) is 3.19. The summed E-state index contributed by atoms with van der Waals surface area (Å²) in [5.74, 6) is 0.892. The average molecular weight is 401 g/mol. The number of nitrogens with zero attached hydrogens (tertiary/aromatic N) is 1. The van der Waals surface area contributed by atoms with Gasteiger partial charge < -0.3 is 14.8 Å². The number of methoxy groups -OCH3 is 1. The van der Waals surface area contributed by atoms with Crippen LogP contribution in [0.3, 0.4) is 0 Å². The molecule has 2 aromatic rings. The first-order valence-corrected chi connectivity index (χ1v) is 10.9. The molecule has 0 saturated carbocycles. The smallest absolute Gasteiger partial charge is 0.261 e. The lowest BCUT2D eigenvalue weighted by Gasteiger charge is -2.35. The molecule has 5 nitrogen and oxygen atoms in total. The highest BCUT2D eigenvalue weighted by Gasteiger charge is 2.24. The van der Waals surface area contributed by atoms with Gasteiger partial charge in [-0.1, -0.05) is 12.1 Å². The number of carbonyl (C=O) groups is 1. The van der Waals surface area contributed by atoms with Gasteiger partial charge in [-0.15, -0.1) is 11.3 Å². The highest BCUT2D eigenvalue weighted by molar-refractivity contribution is 7.14. The van der Waals surface area contributed by atoms with Crippen LogP contribution >= 0.6 is 11.3 Å². The predicted octanol–water partition coefficient (Wildman–Crippen LogP) is 3.44. The van der Waals surface area contributed by atoms with E-state index in [4.69, 9.17) is 9.47 Å². The van der Waals surface area contributed by atoms with E-state index in [-0.39, 0.29) is 11.9 Å². The molecule has 1 atom stereocenters. The summed E-state index contributed by atoms with van der Waals surface area (Å²) in [7, 11) is 1.68. The highest BCUT2D eigenvalue weighted by Crippen LogP contribution is 2.30. The van der Waals surface area contributed by atoms with E-state index in [1.165, 1.54) is 28.8 Å². The Morgan fingerprint density at radius 1 is 1.21 bits per heavy atom. The van der Waals surface area contributed by atoms with Crippen molar-refractivity contribution in [2.24, 2.45) is 0 Å². The summed E-state index contributed by atoms with van der Waals surface area (Å²) in [6.07, 6.45) is 4.71. The van der Waals surface area contributed by atoms with E-state index in [2.05, 4.69) is 28.4 Å². The van der Waals surface area contributed by atoms with Gasteiger partial charge in [0.2, 0.25) is 0 Å². The number of thiophene rings is 1. The number of carbonyl (C=O) groups excluding carboxylic acids is 1. The molecule has 2 aliphatic rings. The summed E-state index contributed by atoms with van der Waals surface area (Å²) in [4.78, 5) is 17.5. The minimum atomic E-state index is 0.0474. The molecule has 28 heavy (non-hydrogen) atoms. The van der Waals surface area contributed by atoms with E-state index >= 15 is 0 Å². The van der Waals surface area contributed by atoms with E-state index in [0.717, 1.165) is 49.8 Å². The Bertz CT molecular complexity index is 773. The second-order valence-electron chi connectivity index (χ2n) is 7.41. The fourth-order valence-electron chi connectivity index (χ4n) is 4.05. The summed E-state index contributed by atoms with van der Waals surface area (Å²) in [6.45, 7) is 3.81. The van der Waals surface area contributed by atoms with E-state index in [1.54, 1.807) is 18.4 Å². The zero-order valence-corrected chi connectivity index (χ0v) is 17.2. The van der Waals surface area contributed by atoms with Crippen molar-refractivity contribution in [1.29, 1.82) is 0 Å². The normalized spacial score (nSPS) is 18.3. The molecule has 1 aliphatic heterocycles. The number of hydrogen-bond acceptors (Lipinski definition) is 5. The first-order chi connectivity index (χ1) is 13.7. The van der Waals surface area contributed by atoms with Crippen LogP contribution in [0.25, 0.3) is 0 Å². The van der Waals surface area contributed by atoms with Crippen molar-refractivity contribution >= 4 is 17.2 Å². The van der Waals surface area contributed by atoms with Gasteiger partial charge in [0, 0.05) is 24.5 Å². The van der Waals surface area contributed by atoms with Crippen LogP contribution in [-0.4, -0.2) is 50.8 Å². The third kappa shape index (κ3) is 4.40. The number of fused-ring (bicyclic) bond motifs is 1. The summed E-state index contributed by atoms with van der Waals surface area (Å²) in [5.41, 5.74) is 2.56. The van der Waals surface area contributed by atoms with Crippen molar-refractivity contribution in [3.8, 4) is 5.75 Å². The molecule has 1 aliphatic carbocycles. The second-order valence-corrected chi connectivity index (χ2v) is 8.55. The third-order valence-electron chi connectivity index (χ3n) is 5.66. The van der Waals surface area contributed by atoms with Crippen molar-refractivity contribution in [3.63, 3.8) is 0 Å². The zero-order chi connectivity index (χ0) is 19.3.